The molecule has 0 aliphatic carbocycles. The molecule has 0 aromatic heterocycles. The molecule has 0 aliphatic heterocycles. The van der Waals surface area contributed by atoms with Gasteiger partial charge in [0.2, 0.25) is 0 Å². The van der Waals surface area contributed by atoms with Gasteiger partial charge in [0.15, 0.2) is 0 Å². The van der Waals surface area contributed by atoms with E-state index in [-0.39, 0.29) is 21.8 Å². The minimum atomic E-state index is -4.49. The molecule has 0 radical (unpaired) electrons. The molecule has 2 aromatic rings. The second kappa shape index (κ2) is 6.70. The number of carboxylic acid groups (broad SMARTS) is 1. The first-order chi connectivity index (χ1) is 10.8. The third-order valence-corrected chi connectivity index (χ3v) is 3.19. The van der Waals surface area contributed by atoms with E-state index in [1.165, 1.54) is 36.4 Å². The molecular formula is C15H10ClF3N2O2. The van der Waals surface area contributed by atoms with Gasteiger partial charge in [-0.2, -0.15) is 18.3 Å². The van der Waals surface area contributed by atoms with Crippen molar-refractivity contribution in [2.24, 2.45) is 5.10 Å². The Kier molecular flexibility index (Phi) is 4.90. The van der Waals surface area contributed by atoms with Crippen LogP contribution in [0.4, 0.5) is 18.9 Å². The van der Waals surface area contributed by atoms with Gasteiger partial charge in [-0.25, -0.2) is 4.79 Å². The van der Waals surface area contributed by atoms with Crippen LogP contribution < -0.4 is 5.43 Å². The molecule has 120 valence electrons. The Balaban J connectivity index is 2.21. The lowest BCUT2D eigenvalue weighted by atomic mass is 10.1. The van der Waals surface area contributed by atoms with Crippen LogP contribution in [0.5, 0.6) is 0 Å². The van der Waals surface area contributed by atoms with E-state index in [2.05, 4.69) is 10.5 Å². The molecule has 23 heavy (non-hydrogen) atoms. The number of anilines is 1. The summed E-state index contributed by atoms with van der Waals surface area (Å²) in [6.07, 6.45) is -3.47. The molecule has 2 aromatic carbocycles. The molecule has 0 amide bonds. The predicted octanol–water partition coefficient (Wildman–Crippen LogP) is 4.50. The van der Waals surface area contributed by atoms with Gasteiger partial charge in [0.05, 0.1) is 28.1 Å². The van der Waals surface area contributed by atoms with Gasteiger partial charge in [0.1, 0.15) is 0 Å². The van der Waals surface area contributed by atoms with E-state index in [1.54, 1.807) is 0 Å². The number of hydrogen-bond acceptors (Lipinski definition) is 3. The van der Waals surface area contributed by atoms with E-state index >= 15 is 0 Å². The fourth-order valence-electron chi connectivity index (χ4n) is 1.80. The van der Waals surface area contributed by atoms with Gasteiger partial charge in [-0.05, 0) is 24.3 Å². The summed E-state index contributed by atoms with van der Waals surface area (Å²) in [5.74, 6) is -1.22. The second-order valence-electron chi connectivity index (χ2n) is 4.45. The molecule has 4 nitrogen and oxygen atoms in total. The SMILES string of the molecule is O=C(O)c1cc(N/N=C/c2ccccc2C(F)(F)F)ccc1Cl. The molecule has 2 rings (SSSR count). The minimum absolute atomic E-state index is 0.0504. The van der Waals surface area contributed by atoms with Crippen LogP contribution in [-0.2, 0) is 6.18 Å². The van der Waals surface area contributed by atoms with Crippen molar-refractivity contribution in [1.82, 2.24) is 0 Å². The first-order valence-electron chi connectivity index (χ1n) is 6.27. The molecule has 2 N–H and O–H groups in total. The quantitative estimate of drug-likeness (QED) is 0.635. The van der Waals surface area contributed by atoms with Crippen LogP contribution in [0.15, 0.2) is 47.6 Å². The zero-order chi connectivity index (χ0) is 17.0. The maximum absolute atomic E-state index is 12.8. The van der Waals surface area contributed by atoms with Crippen molar-refractivity contribution < 1.29 is 23.1 Å². The van der Waals surface area contributed by atoms with Crippen LogP contribution in [0.25, 0.3) is 0 Å². The summed E-state index contributed by atoms with van der Waals surface area (Å²) in [4.78, 5) is 10.9. The number of halogens is 4. The molecule has 0 unspecified atom stereocenters. The monoisotopic (exact) mass is 342 g/mol. The van der Waals surface area contributed by atoms with Crippen molar-refractivity contribution >= 4 is 29.5 Å². The first-order valence-corrected chi connectivity index (χ1v) is 6.65. The number of alkyl halides is 3. The lowest BCUT2D eigenvalue weighted by molar-refractivity contribution is -0.137. The van der Waals surface area contributed by atoms with Gasteiger partial charge in [-0.3, -0.25) is 5.43 Å². The van der Waals surface area contributed by atoms with E-state index in [0.717, 1.165) is 12.3 Å². The van der Waals surface area contributed by atoms with Gasteiger partial charge in [0, 0.05) is 5.56 Å². The van der Waals surface area contributed by atoms with Crippen LogP contribution in [0.2, 0.25) is 5.02 Å². The molecule has 0 heterocycles. The molecule has 8 heteroatoms. The molecule has 0 aliphatic rings. The summed E-state index contributed by atoms with van der Waals surface area (Å²) in [5.41, 5.74) is 1.70. The number of hydrogen-bond donors (Lipinski definition) is 2. The van der Waals surface area contributed by atoms with Crippen molar-refractivity contribution in [3.05, 3.63) is 64.2 Å². The third-order valence-electron chi connectivity index (χ3n) is 2.86. The highest BCUT2D eigenvalue weighted by molar-refractivity contribution is 6.33. The summed E-state index contributed by atoms with van der Waals surface area (Å²) in [6, 6.07) is 9.02. The van der Waals surface area contributed by atoms with Gasteiger partial charge in [-0.15, -0.1) is 0 Å². The number of benzene rings is 2. The average molecular weight is 343 g/mol. The Hall–Kier alpha value is -2.54. The maximum atomic E-state index is 12.8. The van der Waals surface area contributed by atoms with Crippen molar-refractivity contribution in [3.8, 4) is 0 Å². The van der Waals surface area contributed by atoms with Crippen LogP contribution in [0, 0.1) is 0 Å². The summed E-state index contributed by atoms with van der Waals surface area (Å²) in [5, 5.41) is 12.7. The fourth-order valence-corrected chi connectivity index (χ4v) is 2.00. The summed E-state index contributed by atoms with van der Waals surface area (Å²) in [7, 11) is 0. The standard InChI is InChI=1S/C15H10ClF3N2O2/c16-13-6-5-10(7-11(13)14(22)23)21-20-8-9-3-1-2-4-12(9)15(17,18)19/h1-8,21H,(H,22,23)/b20-8+. The van der Waals surface area contributed by atoms with E-state index in [1.807, 2.05) is 0 Å². The number of hydrazone groups is 1. The van der Waals surface area contributed by atoms with E-state index in [4.69, 9.17) is 16.7 Å². The predicted molar refractivity (Wildman–Crippen MR) is 81.1 cm³/mol. The van der Waals surface area contributed by atoms with Crippen molar-refractivity contribution in [1.29, 1.82) is 0 Å². The van der Waals surface area contributed by atoms with Crippen LogP contribution in [0.1, 0.15) is 21.5 Å². The molecule has 0 atom stereocenters. The Labute approximate surface area is 134 Å². The van der Waals surface area contributed by atoms with Gasteiger partial charge in [-0.1, -0.05) is 29.8 Å². The lowest BCUT2D eigenvalue weighted by Crippen LogP contribution is -2.08. The highest BCUT2D eigenvalue weighted by Gasteiger charge is 2.32. The summed E-state index contributed by atoms with van der Waals surface area (Å²) in [6.45, 7) is 0. The number of aromatic carboxylic acids is 1. The normalized spacial score (nSPS) is 11.7. The van der Waals surface area contributed by atoms with Gasteiger partial charge < -0.3 is 5.11 Å². The number of nitrogens with one attached hydrogen (secondary N) is 1. The second-order valence-corrected chi connectivity index (χ2v) is 4.86. The average Bonchev–Trinajstić information content (AvgIpc) is 2.48. The third kappa shape index (κ3) is 4.23. The number of carboxylic acids is 1. The Morgan fingerprint density at radius 2 is 1.91 bits per heavy atom. The fraction of sp³-hybridized carbons (Fsp3) is 0.0667. The van der Waals surface area contributed by atoms with Crippen LogP contribution in [0.3, 0.4) is 0 Å². The first kappa shape index (κ1) is 16.8. The Morgan fingerprint density at radius 3 is 2.57 bits per heavy atom. The molecule has 0 bridgehead atoms. The Morgan fingerprint density at radius 1 is 1.22 bits per heavy atom. The van der Waals surface area contributed by atoms with Gasteiger partial charge >= 0.3 is 12.1 Å². The number of rotatable bonds is 4. The number of carbonyl (C=O) groups is 1. The summed E-state index contributed by atoms with van der Waals surface area (Å²) < 4.78 is 38.5. The smallest absolute Gasteiger partial charge is 0.417 e. The lowest BCUT2D eigenvalue weighted by Gasteiger charge is -2.09. The largest absolute Gasteiger partial charge is 0.478 e. The minimum Gasteiger partial charge on any atom is -0.478 e. The highest BCUT2D eigenvalue weighted by atomic mass is 35.5. The van der Waals surface area contributed by atoms with Gasteiger partial charge in [0.25, 0.3) is 0 Å². The zero-order valence-electron chi connectivity index (χ0n) is 11.4. The van der Waals surface area contributed by atoms with Crippen LogP contribution >= 0.6 is 11.6 Å². The summed E-state index contributed by atoms with van der Waals surface area (Å²) >= 11 is 5.72. The van der Waals surface area contributed by atoms with Crippen molar-refractivity contribution in [2.75, 3.05) is 5.43 Å². The molecule has 0 fully saturated rings. The molecular weight excluding hydrogens is 333 g/mol. The van der Waals surface area contributed by atoms with E-state index < -0.39 is 17.7 Å². The zero-order valence-corrected chi connectivity index (χ0v) is 12.2. The number of nitrogens with zero attached hydrogens (tertiary/aromatic N) is 1. The van der Waals surface area contributed by atoms with Crippen molar-refractivity contribution in [2.45, 2.75) is 6.18 Å². The molecule has 0 saturated heterocycles. The van der Waals surface area contributed by atoms with E-state index in [9.17, 15) is 18.0 Å². The highest BCUT2D eigenvalue weighted by Crippen LogP contribution is 2.31. The molecule has 0 saturated carbocycles. The van der Waals surface area contributed by atoms with E-state index in [0.29, 0.717) is 0 Å². The van der Waals surface area contributed by atoms with Crippen LogP contribution in [-0.4, -0.2) is 17.3 Å². The Bertz CT molecular complexity index is 761. The van der Waals surface area contributed by atoms with Crippen molar-refractivity contribution in [3.63, 3.8) is 0 Å². The molecule has 0 spiro atoms. The topological polar surface area (TPSA) is 61.7 Å². The maximum Gasteiger partial charge on any atom is 0.417 e.